The third kappa shape index (κ3) is 4.27. The smallest absolute Gasteiger partial charge is 0.351 e. The molecule has 25 heavy (non-hydrogen) atoms. The molecule has 6 nitrogen and oxygen atoms in total. The molecule has 0 aliphatic rings. The van der Waals surface area contributed by atoms with Crippen LogP contribution in [0, 0.1) is 0 Å². The highest BCUT2D eigenvalue weighted by Crippen LogP contribution is 2.29. The van der Waals surface area contributed by atoms with E-state index in [1.807, 2.05) is 35.0 Å². The van der Waals surface area contributed by atoms with Gasteiger partial charge in [-0.1, -0.05) is 6.07 Å². The van der Waals surface area contributed by atoms with Crippen LogP contribution in [-0.4, -0.2) is 27.4 Å². The number of alkyl halides is 3. The van der Waals surface area contributed by atoms with Crippen LogP contribution in [0.4, 0.5) is 13.2 Å². The minimum atomic E-state index is -4.42. The number of rotatable bonds is 4. The molecule has 3 aromatic rings. The molecule has 132 valence electrons. The molecule has 0 spiro atoms. The van der Waals surface area contributed by atoms with E-state index in [0.717, 1.165) is 28.1 Å². The largest absolute Gasteiger partial charge is 0.434 e. The molecule has 0 aliphatic heterocycles. The maximum atomic E-state index is 12.5. The van der Waals surface area contributed by atoms with Gasteiger partial charge in [-0.3, -0.25) is 4.99 Å². The molecule has 3 aromatic heterocycles. The molecule has 0 amide bonds. The van der Waals surface area contributed by atoms with Gasteiger partial charge in [-0.25, -0.2) is 9.97 Å². The van der Waals surface area contributed by atoms with Gasteiger partial charge < -0.3 is 15.0 Å². The molecule has 0 unspecified atom stereocenters. The van der Waals surface area contributed by atoms with E-state index < -0.39 is 11.9 Å². The van der Waals surface area contributed by atoms with Gasteiger partial charge in [-0.05, 0) is 12.1 Å². The molecule has 0 saturated heterocycles. The Balaban J connectivity index is 1.55. The summed E-state index contributed by atoms with van der Waals surface area (Å²) in [4.78, 5) is 12.1. The summed E-state index contributed by atoms with van der Waals surface area (Å²) in [5, 5.41) is 7.35. The Hall–Kier alpha value is -2.62. The summed E-state index contributed by atoms with van der Waals surface area (Å²) >= 11 is 0.954. The van der Waals surface area contributed by atoms with Crippen molar-refractivity contribution in [1.29, 1.82) is 0 Å². The number of thiazole rings is 1. The lowest BCUT2D eigenvalue weighted by molar-refractivity contribution is -0.140. The topological polar surface area (TPSA) is 66.6 Å². The van der Waals surface area contributed by atoms with Gasteiger partial charge in [0, 0.05) is 24.8 Å². The normalized spacial score (nSPS) is 12.6. The molecule has 0 saturated carbocycles. The lowest BCUT2D eigenvalue weighted by Gasteiger charge is -2.09. The minimum absolute atomic E-state index is 0.158. The maximum Gasteiger partial charge on any atom is 0.434 e. The fraction of sp³-hybridized carbons (Fsp3) is 0.267. The van der Waals surface area contributed by atoms with E-state index in [4.69, 9.17) is 0 Å². The summed E-state index contributed by atoms with van der Waals surface area (Å²) in [7, 11) is 1.59. The molecule has 3 rings (SSSR count). The number of fused-ring (bicyclic) bond motifs is 1. The summed E-state index contributed by atoms with van der Waals surface area (Å²) in [6.45, 7) is 0.596. The molecule has 3 heterocycles. The molecule has 0 aliphatic carbocycles. The lowest BCUT2D eigenvalue weighted by Crippen LogP contribution is -2.36. The quantitative estimate of drug-likeness (QED) is 0.549. The van der Waals surface area contributed by atoms with Gasteiger partial charge in [0.25, 0.3) is 0 Å². The van der Waals surface area contributed by atoms with E-state index in [1.165, 1.54) is 0 Å². The predicted molar refractivity (Wildman–Crippen MR) is 89.3 cm³/mol. The highest BCUT2D eigenvalue weighted by molar-refractivity contribution is 7.09. The summed E-state index contributed by atoms with van der Waals surface area (Å²) in [6.07, 6.45) is -0.622. The lowest BCUT2D eigenvalue weighted by atomic mass is 10.5. The Bertz CT molecular complexity index is 850. The monoisotopic (exact) mass is 368 g/mol. The number of hydrogen-bond acceptors (Lipinski definition) is 4. The van der Waals surface area contributed by atoms with Gasteiger partial charge in [0.2, 0.25) is 0 Å². The van der Waals surface area contributed by atoms with Gasteiger partial charge >= 0.3 is 6.18 Å². The molecular formula is C15H15F3N6S. The number of aromatic nitrogens is 3. The van der Waals surface area contributed by atoms with Crippen molar-refractivity contribution >= 4 is 22.9 Å². The van der Waals surface area contributed by atoms with Crippen molar-refractivity contribution in [2.45, 2.75) is 19.3 Å². The van der Waals surface area contributed by atoms with E-state index in [1.54, 1.807) is 7.05 Å². The Morgan fingerprint density at radius 3 is 2.72 bits per heavy atom. The van der Waals surface area contributed by atoms with Gasteiger partial charge in [0.05, 0.1) is 18.8 Å². The van der Waals surface area contributed by atoms with Crippen LogP contribution in [0.5, 0.6) is 0 Å². The van der Waals surface area contributed by atoms with Gasteiger partial charge in [0.15, 0.2) is 11.7 Å². The molecule has 0 fully saturated rings. The average Bonchev–Trinajstić information content (AvgIpc) is 3.21. The Morgan fingerprint density at radius 1 is 1.24 bits per heavy atom. The highest BCUT2D eigenvalue weighted by Gasteiger charge is 2.33. The van der Waals surface area contributed by atoms with E-state index >= 15 is 0 Å². The van der Waals surface area contributed by atoms with Gasteiger partial charge in [-0.2, -0.15) is 13.2 Å². The number of imidazole rings is 1. The highest BCUT2D eigenvalue weighted by atomic mass is 32.1. The van der Waals surface area contributed by atoms with Crippen molar-refractivity contribution in [3.8, 4) is 0 Å². The number of pyridine rings is 1. The van der Waals surface area contributed by atoms with E-state index in [9.17, 15) is 13.2 Å². The van der Waals surface area contributed by atoms with E-state index in [2.05, 4.69) is 25.6 Å². The maximum absolute atomic E-state index is 12.5. The van der Waals surface area contributed by atoms with Crippen LogP contribution in [0.1, 0.15) is 16.4 Å². The molecule has 10 heteroatoms. The number of guanidine groups is 1. The van der Waals surface area contributed by atoms with Crippen LogP contribution in [0.25, 0.3) is 5.65 Å². The van der Waals surface area contributed by atoms with Crippen molar-refractivity contribution < 1.29 is 13.2 Å². The third-order valence-corrected chi connectivity index (χ3v) is 4.17. The fourth-order valence-corrected chi connectivity index (χ4v) is 2.89. The molecule has 0 atom stereocenters. The van der Waals surface area contributed by atoms with Gasteiger partial charge in [-0.15, -0.1) is 11.3 Å². The summed E-state index contributed by atoms with van der Waals surface area (Å²) in [6, 6.07) is 5.72. The molecule has 0 radical (unpaired) electrons. The summed E-state index contributed by atoms with van der Waals surface area (Å²) < 4.78 is 39.5. The first-order chi connectivity index (χ1) is 12.0. The SMILES string of the molecule is CN=C(NCc1cn2ccccc2n1)NCc1nc(C(F)(F)F)cs1. The molecular weight excluding hydrogens is 353 g/mol. The number of hydrogen-bond donors (Lipinski definition) is 2. The van der Waals surface area contributed by atoms with Crippen LogP contribution in [0.3, 0.4) is 0 Å². The van der Waals surface area contributed by atoms with Crippen molar-refractivity contribution in [3.63, 3.8) is 0 Å². The zero-order valence-corrected chi connectivity index (χ0v) is 14.0. The summed E-state index contributed by atoms with van der Waals surface area (Å²) in [5.41, 5.74) is 0.786. The fourth-order valence-electron chi connectivity index (χ4n) is 2.15. The Kier molecular flexibility index (Phi) is 4.88. The summed E-state index contributed by atoms with van der Waals surface area (Å²) in [5.74, 6) is 0.459. The van der Waals surface area contributed by atoms with Crippen molar-refractivity contribution in [2.75, 3.05) is 7.05 Å². The Morgan fingerprint density at radius 2 is 2.04 bits per heavy atom. The zero-order valence-electron chi connectivity index (χ0n) is 13.2. The van der Waals surface area contributed by atoms with Crippen LogP contribution in [-0.2, 0) is 19.3 Å². The minimum Gasteiger partial charge on any atom is -0.351 e. The van der Waals surface area contributed by atoms with E-state index in [-0.39, 0.29) is 6.54 Å². The van der Waals surface area contributed by atoms with Crippen LogP contribution in [0.2, 0.25) is 0 Å². The average molecular weight is 368 g/mol. The zero-order chi connectivity index (χ0) is 17.9. The molecule has 2 N–H and O–H groups in total. The standard InChI is InChI=1S/C15H15F3N6S/c1-19-14(21-7-13-23-11(9-25-13)15(16,17)18)20-6-10-8-24-5-3-2-4-12(24)22-10/h2-5,8-9H,6-7H2,1H3,(H2,19,20,21). The van der Waals surface area contributed by atoms with Crippen LogP contribution >= 0.6 is 11.3 Å². The third-order valence-electron chi connectivity index (χ3n) is 3.32. The van der Waals surface area contributed by atoms with E-state index in [0.29, 0.717) is 17.5 Å². The number of aliphatic imine (C=N–C) groups is 1. The first kappa shape index (κ1) is 17.2. The second-order valence-electron chi connectivity index (χ2n) is 5.10. The van der Waals surface area contributed by atoms with Crippen molar-refractivity contribution in [3.05, 3.63) is 52.4 Å². The van der Waals surface area contributed by atoms with Crippen molar-refractivity contribution in [1.82, 2.24) is 25.0 Å². The Labute approximate surface area is 145 Å². The number of halogens is 3. The molecule has 0 bridgehead atoms. The van der Waals surface area contributed by atoms with Crippen LogP contribution < -0.4 is 10.6 Å². The second-order valence-corrected chi connectivity index (χ2v) is 6.04. The second kappa shape index (κ2) is 7.09. The van der Waals surface area contributed by atoms with Crippen LogP contribution in [0.15, 0.2) is 41.0 Å². The number of nitrogens with one attached hydrogen (secondary N) is 2. The predicted octanol–water partition coefficient (Wildman–Crippen LogP) is 2.67. The van der Waals surface area contributed by atoms with Crippen molar-refractivity contribution in [2.24, 2.45) is 4.99 Å². The first-order valence-corrected chi connectivity index (χ1v) is 8.22. The van der Waals surface area contributed by atoms with Gasteiger partial charge in [0.1, 0.15) is 10.7 Å². The first-order valence-electron chi connectivity index (χ1n) is 7.34. The molecule has 0 aromatic carbocycles. The number of nitrogens with zero attached hydrogens (tertiary/aromatic N) is 4.